The van der Waals surface area contributed by atoms with Crippen molar-refractivity contribution in [3.8, 4) is 0 Å². The van der Waals surface area contributed by atoms with Crippen LogP contribution in [-0.2, 0) is 11.2 Å². The number of halogens is 1. The predicted molar refractivity (Wildman–Crippen MR) is 76.2 cm³/mol. The third kappa shape index (κ3) is 5.38. The van der Waals surface area contributed by atoms with Gasteiger partial charge in [-0.05, 0) is 49.8 Å². The molecule has 100 valence electrons. The van der Waals surface area contributed by atoms with Crippen molar-refractivity contribution in [2.45, 2.75) is 32.2 Å². The zero-order chi connectivity index (χ0) is 12.8. The standard InChI is InChI=1S/C15H22ClNO/c1-12(10-13-4-6-15(16)7-5-13)17-8-9-18-11-14-2-3-14/h4-7,12,14,17H,2-3,8-11H2,1H3. The Bertz CT molecular complexity index is 348. The van der Waals surface area contributed by atoms with Crippen LogP contribution in [0.15, 0.2) is 24.3 Å². The molecule has 0 bridgehead atoms. The van der Waals surface area contributed by atoms with Gasteiger partial charge in [0.1, 0.15) is 0 Å². The Morgan fingerprint density at radius 2 is 2.06 bits per heavy atom. The maximum atomic E-state index is 5.87. The highest BCUT2D eigenvalue weighted by molar-refractivity contribution is 6.30. The quantitative estimate of drug-likeness (QED) is 0.730. The smallest absolute Gasteiger partial charge is 0.0591 e. The Balaban J connectivity index is 1.56. The monoisotopic (exact) mass is 267 g/mol. The molecule has 1 atom stereocenters. The molecule has 0 spiro atoms. The molecular weight excluding hydrogens is 246 g/mol. The van der Waals surface area contributed by atoms with E-state index in [0.717, 1.165) is 37.1 Å². The van der Waals surface area contributed by atoms with Gasteiger partial charge in [-0.3, -0.25) is 0 Å². The lowest BCUT2D eigenvalue weighted by Gasteiger charge is -2.14. The van der Waals surface area contributed by atoms with E-state index in [2.05, 4.69) is 24.4 Å². The summed E-state index contributed by atoms with van der Waals surface area (Å²) in [4.78, 5) is 0. The topological polar surface area (TPSA) is 21.3 Å². The van der Waals surface area contributed by atoms with Gasteiger partial charge in [0.05, 0.1) is 6.61 Å². The first kappa shape index (κ1) is 13.9. The van der Waals surface area contributed by atoms with Crippen LogP contribution in [0.25, 0.3) is 0 Å². The van der Waals surface area contributed by atoms with E-state index in [-0.39, 0.29) is 0 Å². The van der Waals surface area contributed by atoms with Gasteiger partial charge in [0.15, 0.2) is 0 Å². The van der Waals surface area contributed by atoms with Crippen molar-refractivity contribution in [1.29, 1.82) is 0 Å². The summed E-state index contributed by atoms with van der Waals surface area (Å²) >= 11 is 5.87. The van der Waals surface area contributed by atoms with Crippen LogP contribution in [0.4, 0.5) is 0 Å². The molecular formula is C15H22ClNO. The Labute approximate surface area is 115 Å². The normalized spacial score (nSPS) is 16.8. The van der Waals surface area contributed by atoms with Crippen molar-refractivity contribution < 1.29 is 4.74 Å². The lowest BCUT2D eigenvalue weighted by Crippen LogP contribution is -2.31. The van der Waals surface area contributed by atoms with Gasteiger partial charge in [-0.2, -0.15) is 0 Å². The van der Waals surface area contributed by atoms with Gasteiger partial charge < -0.3 is 10.1 Å². The molecule has 1 N–H and O–H groups in total. The van der Waals surface area contributed by atoms with Crippen LogP contribution in [0.2, 0.25) is 5.02 Å². The first-order chi connectivity index (χ1) is 8.74. The van der Waals surface area contributed by atoms with Crippen LogP contribution in [-0.4, -0.2) is 25.8 Å². The number of nitrogens with one attached hydrogen (secondary N) is 1. The van der Waals surface area contributed by atoms with E-state index in [0.29, 0.717) is 6.04 Å². The average Bonchev–Trinajstić information content (AvgIpc) is 3.16. The second-order valence-electron chi connectivity index (χ2n) is 5.20. The lowest BCUT2D eigenvalue weighted by atomic mass is 10.1. The first-order valence-corrected chi connectivity index (χ1v) is 7.17. The van der Waals surface area contributed by atoms with Gasteiger partial charge in [0, 0.05) is 24.2 Å². The Morgan fingerprint density at radius 1 is 1.33 bits per heavy atom. The predicted octanol–water partition coefficient (Wildman–Crippen LogP) is 3.29. The summed E-state index contributed by atoms with van der Waals surface area (Å²) in [7, 11) is 0. The molecule has 1 aromatic carbocycles. The Morgan fingerprint density at radius 3 is 2.72 bits per heavy atom. The van der Waals surface area contributed by atoms with E-state index in [9.17, 15) is 0 Å². The van der Waals surface area contributed by atoms with Gasteiger partial charge in [-0.1, -0.05) is 23.7 Å². The van der Waals surface area contributed by atoms with E-state index in [1.54, 1.807) is 0 Å². The highest BCUT2D eigenvalue weighted by Gasteiger charge is 2.20. The molecule has 1 aliphatic carbocycles. The number of hydrogen-bond donors (Lipinski definition) is 1. The molecule has 2 rings (SSSR count). The van der Waals surface area contributed by atoms with E-state index in [4.69, 9.17) is 16.3 Å². The summed E-state index contributed by atoms with van der Waals surface area (Å²) < 4.78 is 5.59. The second kappa shape index (κ2) is 7.13. The molecule has 0 saturated heterocycles. The minimum Gasteiger partial charge on any atom is -0.380 e. The Hall–Kier alpha value is -0.570. The lowest BCUT2D eigenvalue weighted by molar-refractivity contribution is 0.124. The maximum absolute atomic E-state index is 5.87. The largest absolute Gasteiger partial charge is 0.380 e. The molecule has 2 nitrogen and oxygen atoms in total. The summed E-state index contributed by atoms with van der Waals surface area (Å²) in [5.41, 5.74) is 1.32. The van der Waals surface area contributed by atoms with Crippen LogP contribution in [0, 0.1) is 5.92 Å². The molecule has 1 saturated carbocycles. The van der Waals surface area contributed by atoms with E-state index in [1.165, 1.54) is 18.4 Å². The summed E-state index contributed by atoms with van der Waals surface area (Å²) in [6, 6.07) is 8.54. The second-order valence-corrected chi connectivity index (χ2v) is 5.64. The summed E-state index contributed by atoms with van der Waals surface area (Å²) in [5.74, 6) is 0.858. The van der Waals surface area contributed by atoms with Crippen LogP contribution in [0.5, 0.6) is 0 Å². The number of ether oxygens (including phenoxy) is 1. The fraction of sp³-hybridized carbons (Fsp3) is 0.600. The van der Waals surface area contributed by atoms with Crippen molar-refractivity contribution in [1.82, 2.24) is 5.32 Å². The summed E-state index contributed by atoms with van der Waals surface area (Å²) in [5, 5.41) is 4.28. The van der Waals surface area contributed by atoms with Crippen molar-refractivity contribution in [3.05, 3.63) is 34.9 Å². The van der Waals surface area contributed by atoms with Gasteiger partial charge in [0.25, 0.3) is 0 Å². The van der Waals surface area contributed by atoms with Gasteiger partial charge in [-0.15, -0.1) is 0 Å². The minimum atomic E-state index is 0.468. The van der Waals surface area contributed by atoms with Crippen molar-refractivity contribution >= 4 is 11.6 Å². The third-order valence-corrected chi connectivity index (χ3v) is 3.50. The van der Waals surface area contributed by atoms with Gasteiger partial charge in [0.2, 0.25) is 0 Å². The van der Waals surface area contributed by atoms with E-state index < -0.39 is 0 Å². The molecule has 1 fully saturated rings. The van der Waals surface area contributed by atoms with Crippen molar-refractivity contribution in [2.24, 2.45) is 5.92 Å². The molecule has 1 aliphatic rings. The fourth-order valence-electron chi connectivity index (χ4n) is 1.96. The van der Waals surface area contributed by atoms with Crippen LogP contribution < -0.4 is 5.32 Å². The van der Waals surface area contributed by atoms with Crippen molar-refractivity contribution in [2.75, 3.05) is 19.8 Å². The molecule has 0 heterocycles. The van der Waals surface area contributed by atoms with E-state index in [1.807, 2.05) is 12.1 Å². The third-order valence-electron chi connectivity index (χ3n) is 3.24. The van der Waals surface area contributed by atoms with Gasteiger partial charge >= 0.3 is 0 Å². The Kier molecular flexibility index (Phi) is 5.48. The molecule has 0 amide bonds. The molecule has 1 unspecified atom stereocenters. The van der Waals surface area contributed by atoms with E-state index >= 15 is 0 Å². The molecule has 0 radical (unpaired) electrons. The average molecular weight is 268 g/mol. The molecule has 0 aliphatic heterocycles. The van der Waals surface area contributed by atoms with Crippen molar-refractivity contribution in [3.63, 3.8) is 0 Å². The zero-order valence-electron chi connectivity index (χ0n) is 11.0. The highest BCUT2D eigenvalue weighted by Crippen LogP contribution is 2.28. The van der Waals surface area contributed by atoms with Crippen LogP contribution in [0.3, 0.4) is 0 Å². The highest BCUT2D eigenvalue weighted by atomic mass is 35.5. The minimum absolute atomic E-state index is 0.468. The SMILES string of the molecule is CC(Cc1ccc(Cl)cc1)NCCOCC1CC1. The zero-order valence-corrected chi connectivity index (χ0v) is 11.7. The molecule has 1 aromatic rings. The first-order valence-electron chi connectivity index (χ1n) is 6.79. The molecule has 3 heteroatoms. The number of benzene rings is 1. The number of hydrogen-bond acceptors (Lipinski definition) is 2. The summed E-state index contributed by atoms with van der Waals surface area (Å²) in [6.07, 6.45) is 3.75. The molecule has 0 aromatic heterocycles. The summed E-state index contributed by atoms with van der Waals surface area (Å²) in [6.45, 7) is 4.91. The maximum Gasteiger partial charge on any atom is 0.0591 e. The van der Waals surface area contributed by atoms with Crippen LogP contribution >= 0.6 is 11.6 Å². The molecule has 18 heavy (non-hydrogen) atoms. The van der Waals surface area contributed by atoms with Gasteiger partial charge in [-0.25, -0.2) is 0 Å². The van der Waals surface area contributed by atoms with Crippen LogP contribution in [0.1, 0.15) is 25.3 Å². The number of rotatable bonds is 8. The fourth-order valence-corrected chi connectivity index (χ4v) is 2.08.